The summed E-state index contributed by atoms with van der Waals surface area (Å²) >= 11 is 0. The predicted molar refractivity (Wildman–Crippen MR) is 98.7 cm³/mol. The lowest BCUT2D eigenvalue weighted by atomic mass is 10.2. The SMILES string of the molecule is CCN(CC)C(=O)COc1ccc(C=O)cc1OCC(=O)N(CC)CC. The minimum Gasteiger partial charge on any atom is -0.480 e. The summed E-state index contributed by atoms with van der Waals surface area (Å²) in [6, 6.07) is 4.64. The number of likely N-dealkylation sites (N-methyl/N-ethyl adjacent to an activating group) is 2. The van der Waals surface area contributed by atoms with Gasteiger partial charge in [0.1, 0.15) is 6.29 Å². The Labute approximate surface area is 154 Å². The van der Waals surface area contributed by atoms with Gasteiger partial charge < -0.3 is 19.3 Å². The lowest BCUT2D eigenvalue weighted by Gasteiger charge is -2.21. The van der Waals surface area contributed by atoms with Gasteiger partial charge in [0.15, 0.2) is 24.7 Å². The first kappa shape index (κ1) is 21.5. The van der Waals surface area contributed by atoms with E-state index in [0.29, 0.717) is 43.8 Å². The lowest BCUT2D eigenvalue weighted by molar-refractivity contribution is -0.134. The van der Waals surface area contributed by atoms with E-state index in [2.05, 4.69) is 0 Å². The molecule has 0 aliphatic carbocycles. The summed E-state index contributed by atoms with van der Waals surface area (Å²) in [5.74, 6) is 0.294. The molecular formula is C19H28N2O5. The molecule has 7 heteroatoms. The van der Waals surface area contributed by atoms with Crippen LogP contribution in [0.3, 0.4) is 0 Å². The van der Waals surface area contributed by atoms with E-state index in [1.807, 2.05) is 27.7 Å². The van der Waals surface area contributed by atoms with Crippen LogP contribution < -0.4 is 9.47 Å². The van der Waals surface area contributed by atoms with E-state index in [-0.39, 0.29) is 30.8 Å². The number of hydrogen-bond acceptors (Lipinski definition) is 5. The summed E-state index contributed by atoms with van der Waals surface area (Å²) in [5, 5.41) is 0. The van der Waals surface area contributed by atoms with Crippen LogP contribution in [0.5, 0.6) is 11.5 Å². The van der Waals surface area contributed by atoms with Gasteiger partial charge in [0.05, 0.1) is 0 Å². The van der Waals surface area contributed by atoms with Gasteiger partial charge >= 0.3 is 0 Å². The zero-order chi connectivity index (χ0) is 19.5. The van der Waals surface area contributed by atoms with Crippen LogP contribution >= 0.6 is 0 Å². The molecule has 0 radical (unpaired) electrons. The molecule has 0 aliphatic heterocycles. The molecule has 26 heavy (non-hydrogen) atoms. The fraction of sp³-hybridized carbons (Fsp3) is 0.526. The number of hydrogen-bond donors (Lipinski definition) is 0. The Morgan fingerprint density at radius 2 is 1.31 bits per heavy atom. The van der Waals surface area contributed by atoms with Gasteiger partial charge in [0.2, 0.25) is 0 Å². The largest absolute Gasteiger partial charge is 0.480 e. The van der Waals surface area contributed by atoms with Gasteiger partial charge in [0, 0.05) is 31.7 Å². The number of ether oxygens (including phenoxy) is 2. The second-order valence-corrected chi connectivity index (χ2v) is 5.53. The van der Waals surface area contributed by atoms with Crippen LogP contribution in [-0.2, 0) is 9.59 Å². The third-order valence-electron chi connectivity index (χ3n) is 4.04. The topological polar surface area (TPSA) is 76.1 Å². The van der Waals surface area contributed by atoms with Crippen molar-refractivity contribution in [1.29, 1.82) is 0 Å². The van der Waals surface area contributed by atoms with Crippen molar-refractivity contribution in [3.8, 4) is 11.5 Å². The molecule has 144 valence electrons. The molecule has 0 spiro atoms. The van der Waals surface area contributed by atoms with Crippen molar-refractivity contribution in [3.05, 3.63) is 23.8 Å². The van der Waals surface area contributed by atoms with Crippen molar-refractivity contribution in [1.82, 2.24) is 9.80 Å². The third kappa shape index (κ3) is 6.06. The first-order valence-corrected chi connectivity index (χ1v) is 8.90. The normalized spacial score (nSPS) is 10.2. The van der Waals surface area contributed by atoms with Gasteiger partial charge in [-0.25, -0.2) is 0 Å². The number of carbonyl (C=O) groups excluding carboxylic acids is 3. The average Bonchev–Trinajstić information content (AvgIpc) is 2.66. The van der Waals surface area contributed by atoms with Crippen molar-refractivity contribution in [2.75, 3.05) is 39.4 Å². The molecule has 7 nitrogen and oxygen atoms in total. The number of aldehydes is 1. The third-order valence-corrected chi connectivity index (χ3v) is 4.04. The van der Waals surface area contributed by atoms with Crippen molar-refractivity contribution < 1.29 is 23.9 Å². The maximum atomic E-state index is 12.1. The van der Waals surface area contributed by atoms with Crippen molar-refractivity contribution in [2.45, 2.75) is 27.7 Å². The van der Waals surface area contributed by atoms with E-state index < -0.39 is 0 Å². The maximum Gasteiger partial charge on any atom is 0.260 e. The molecule has 1 rings (SSSR count). The second-order valence-electron chi connectivity index (χ2n) is 5.53. The van der Waals surface area contributed by atoms with Crippen LogP contribution in [0.2, 0.25) is 0 Å². The number of benzene rings is 1. The van der Waals surface area contributed by atoms with Crippen LogP contribution in [0.1, 0.15) is 38.1 Å². The molecule has 0 atom stereocenters. The molecule has 0 aliphatic rings. The Balaban J connectivity index is 2.84. The summed E-state index contributed by atoms with van der Waals surface area (Å²) in [5.41, 5.74) is 0.401. The minimum atomic E-state index is -0.162. The standard InChI is InChI=1S/C19H28N2O5/c1-5-20(6-2)18(23)13-25-16-10-9-15(12-22)11-17(16)26-14-19(24)21(7-3)8-4/h9-12H,5-8,13-14H2,1-4H3. The molecule has 0 unspecified atom stereocenters. The number of rotatable bonds is 11. The van der Waals surface area contributed by atoms with E-state index in [4.69, 9.17) is 9.47 Å². The van der Waals surface area contributed by atoms with Gasteiger partial charge in [-0.3, -0.25) is 14.4 Å². The first-order chi connectivity index (χ1) is 12.5. The van der Waals surface area contributed by atoms with Crippen molar-refractivity contribution in [3.63, 3.8) is 0 Å². The van der Waals surface area contributed by atoms with Crippen molar-refractivity contribution >= 4 is 18.1 Å². The Kier molecular flexibility index (Phi) is 9.19. The zero-order valence-corrected chi connectivity index (χ0v) is 16.0. The van der Waals surface area contributed by atoms with E-state index in [0.717, 1.165) is 0 Å². The number of nitrogens with zero attached hydrogens (tertiary/aromatic N) is 2. The number of carbonyl (C=O) groups is 3. The molecular weight excluding hydrogens is 336 g/mol. The molecule has 1 aromatic carbocycles. The van der Waals surface area contributed by atoms with Gasteiger partial charge in [-0.1, -0.05) is 0 Å². The highest BCUT2D eigenvalue weighted by atomic mass is 16.5. The van der Waals surface area contributed by atoms with Crippen LogP contribution in [0.25, 0.3) is 0 Å². The smallest absolute Gasteiger partial charge is 0.260 e. The van der Waals surface area contributed by atoms with Gasteiger partial charge in [0.25, 0.3) is 11.8 Å². The monoisotopic (exact) mass is 364 g/mol. The molecule has 0 bridgehead atoms. The summed E-state index contributed by atoms with van der Waals surface area (Å²) in [6.45, 7) is 9.66. The van der Waals surface area contributed by atoms with E-state index in [1.165, 1.54) is 6.07 Å². The Morgan fingerprint density at radius 3 is 1.73 bits per heavy atom. The highest BCUT2D eigenvalue weighted by molar-refractivity contribution is 5.79. The number of amides is 2. The lowest BCUT2D eigenvalue weighted by Crippen LogP contribution is -2.35. The fourth-order valence-corrected chi connectivity index (χ4v) is 2.44. The molecule has 1 aromatic rings. The van der Waals surface area contributed by atoms with Gasteiger partial charge in [-0.2, -0.15) is 0 Å². The van der Waals surface area contributed by atoms with Crippen LogP contribution in [0, 0.1) is 0 Å². The second kappa shape index (κ2) is 11.1. The Bertz CT molecular complexity index is 610. The molecule has 0 fully saturated rings. The highest BCUT2D eigenvalue weighted by Gasteiger charge is 2.15. The van der Waals surface area contributed by atoms with E-state index in [9.17, 15) is 14.4 Å². The quantitative estimate of drug-likeness (QED) is 0.561. The zero-order valence-electron chi connectivity index (χ0n) is 16.0. The molecule has 0 saturated carbocycles. The van der Waals surface area contributed by atoms with Crippen molar-refractivity contribution in [2.24, 2.45) is 0 Å². The summed E-state index contributed by atoms with van der Waals surface area (Å²) in [7, 11) is 0. The maximum absolute atomic E-state index is 12.1. The van der Waals surface area contributed by atoms with Crippen LogP contribution in [0.15, 0.2) is 18.2 Å². The van der Waals surface area contributed by atoms with E-state index >= 15 is 0 Å². The molecule has 0 aromatic heterocycles. The van der Waals surface area contributed by atoms with Crippen LogP contribution in [0.4, 0.5) is 0 Å². The van der Waals surface area contributed by atoms with Crippen LogP contribution in [-0.4, -0.2) is 67.3 Å². The fourth-order valence-electron chi connectivity index (χ4n) is 2.44. The summed E-state index contributed by atoms with van der Waals surface area (Å²) in [6.07, 6.45) is 0.684. The summed E-state index contributed by atoms with van der Waals surface area (Å²) < 4.78 is 11.1. The average molecular weight is 364 g/mol. The predicted octanol–water partition coefficient (Wildman–Crippen LogP) is 1.99. The Morgan fingerprint density at radius 1 is 0.846 bits per heavy atom. The van der Waals surface area contributed by atoms with E-state index in [1.54, 1.807) is 21.9 Å². The summed E-state index contributed by atoms with van der Waals surface area (Å²) in [4.78, 5) is 38.5. The molecule has 0 heterocycles. The molecule has 0 saturated heterocycles. The molecule has 2 amide bonds. The Hall–Kier alpha value is -2.57. The minimum absolute atomic E-state index is 0.136. The van der Waals surface area contributed by atoms with Gasteiger partial charge in [-0.05, 0) is 45.9 Å². The molecule has 0 N–H and O–H groups in total. The highest BCUT2D eigenvalue weighted by Crippen LogP contribution is 2.28. The van der Waals surface area contributed by atoms with Gasteiger partial charge in [-0.15, -0.1) is 0 Å². The first-order valence-electron chi connectivity index (χ1n) is 8.90.